The van der Waals surface area contributed by atoms with Crippen molar-refractivity contribution in [1.29, 1.82) is 0 Å². The van der Waals surface area contributed by atoms with Gasteiger partial charge in [-0.3, -0.25) is 0 Å². The van der Waals surface area contributed by atoms with Gasteiger partial charge in [0.2, 0.25) is 6.33 Å². The first-order valence-corrected chi connectivity index (χ1v) is 4.60. The molecule has 0 aromatic carbocycles. The van der Waals surface area contributed by atoms with Gasteiger partial charge in [-0.15, -0.1) is 0 Å². The molecule has 0 amide bonds. The number of nitrogens with zero attached hydrogens (tertiary/aromatic N) is 2. The van der Waals surface area contributed by atoms with Gasteiger partial charge >= 0.3 is 0 Å². The zero-order chi connectivity index (χ0) is 9.68. The third-order valence-corrected chi connectivity index (χ3v) is 1.86. The normalized spacial score (nSPS) is 12.2. The summed E-state index contributed by atoms with van der Waals surface area (Å²) in [7, 11) is 0. The van der Waals surface area contributed by atoms with Gasteiger partial charge in [-0.05, 0) is 6.42 Å². The van der Waals surface area contributed by atoms with Gasteiger partial charge < -0.3 is 22.6 Å². The fourth-order valence-electron chi connectivity index (χ4n) is 1.24. The second-order valence-corrected chi connectivity index (χ2v) is 3.18. The van der Waals surface area contributed by atoms with Crippen molar-refractivity contribution in [3.05, 3.63) is 18.7 Å². The Morgan fingerprint density at radius 3 is 2.79 bits per heavy atom. The number of halogens is 1. The van der Waals surface area contributed by atoms with Crippen LogP contribution < -0.4 is 17.0 Å². The Bertz CT molecular complexity index is 253. The van der Waals surface area contributed by atoms with E-state index in [1.807, 2.05) is 23.3 Å². The summed E-state index contributed by atoms with van der Waals surface area (Å²) in [5.41, 5.74) is 0. The van der Waals surface area contributed by atoms with Crippen molar-refractivity contribution in [2.24, 2.45) is 0 Å². The minimum atomic E-state index is -0.664. The first kappa shape index (κ1) is 13.4. The average molecular weight is 221 g/mol. The fraction of sp³-hybridized carbons (Fsp3) is 0.667. The molecule has 1 atom stereocenters. The second kappa shape index (κ2) is 6.81. The van der Waals surface area contributed by atoms with Crippen LogP contribution in [0.2, 0.25) is 0 Å². The third-order valence-electron chi connectivity index (χ3n) is 1.86. The van der Waals surface area contributed by atoms with E-state index < -0.39 is 6.10 Å². The molecule has 14 heavy (non-hydrogen) atoms. The summed E-state index contributed by atoms with van der Waals surface area (Å²) < 4.78 is 3.93. The average Bonchev–Trinajstić information content (AvgIpc) is 2.53. The van der Waals surface area contributed by atoms with Crippen LogP contribution in [0.4, 0.5) is 0 Å². The van der Waals surface area contributed by atoms with E-state index in [-0.39, 0.29) is 19.0 Å². The molecular formula is C9H17ClN2O2. The van der Waals surface area contributed by atoms with Crippen molar-refractivity contribution in [3.63, 3.8) is 0 Å². The number of hydrogen-bond acceptors (Lipinski definition) is 2. The van der Waals surface area contributed by atoms with Gasteiger partial charge in [-0.2, -0.15) is 0 Å². The molecule has 0 spiro atoms. The van der Waals surface area contributed by atoms with Crippen molar-refractivity contribution < 1.29 is 27.2 Å². The van der Waals surface area contributed by atoms with Gasteiger partial charge in [0.25, 0.3) is 0 Å². The maximum absolute atomic E-state index is 9.17. The van der Waals surface area contributed by atoms with Gasteiger partial charge in [0, 0.05) is 0 Å². The lowest BCUT2D eigenvalue weighted by Crippen LogP contribution is -3.00. The van der Waals surface area contributed by atoms with E-state index in [0.717, 1.165) is 13.0 Å². The van der Waals surface area contributed by atoms with E-state index >= 15 is 0 Å². The molecule has 0 aliphatic carbocycles. The molecular weight excluding hydrogens is 204 g/mol. The van der Waals surface area contributed by atoms with Gasteiger partial charge in [0.05, 0.1) is 13.2 Å². The summed E-state index contributed by atoms with van der Waals surface area (Å²) >= 11 is 0. The van der Waals surface area contributed by atoms with Gasteiger partial charge in [-0.1, -0.05) is 6.92 Å². The fourth-order valence-corrected chi connectivity index (χ4v) is 1.24. The molecule has 82 valence electrons. The Labute approximate surface area is 90.2 Å². The monoisotopic (exact) mass is 220 g/mol. The van der Waals surface area contributed by atoms with Crippen molar-refractivity contribution in [3.8, 4) is 0 Å². The molecule has 1 unspecified atom stereocenters. The zero-order valence-corrected chi connectivity index (χ0v) is 9.06. The van der Waals surface area contributed by atoms with E-state index in [1.54, 1.807) is 0 Å². The molecule has 5 heteroatoms. The van der Waals surface area contributed by atoms with Crippen molar-refractivity contribution >= 4 is 0 Å². The number of rotatable bonds is 5. The first-order chi connectivity index (χ1) is 6.26. The summed E-state index contributed by atoms with van der Waals surface area (Å²) in [6.07, 6.45) is 6.23. The molecule has 0 fully saturated rings. The molecule has 1 heterocycles. The van der Waals surface area contributed by atoms with Crippen LogP contribution in [0.15, 0.2) is 18.7 Å². The predicted molar refractivity (Wildman–Crippen MR) is 48.0 cm³/mol. The highest BCUT2D eigenvalue weighted by atomic mass is 35.5. The summed E-state index contributed by atoms with van der Waals surface area (Å²) in [6.45, 7) is 3.37. The van der Waals surface area contributed by atoms with E-state index in [0.29, 0.717) is 6.54 Å². The number of aliphatic hydroxyl groups is 2. The minimum absolute atomic E-state index is 0. The van der Waals surface area contributed by atoms with Crippen LogP contribution in [-0.2, 0) is 13.1 Å². The predicted octanol–water partition coefficient (Wildman–Crippen LogP) is -3.46. The van der Waals surface area contributed by atoms with E-state index in [4.69, 9.17) is 5.11 Å². The highest BCUT2D eigenvalue weighted by Crippen LogP contribution is 1.89. The molecule has 4 nitrogen and oxygen atoms in total. The van der Waals surface area contributed by atoms with Gasteiger partial charge in [0.1, 0.15) is 25.0 Å². The second-order valence-electron chi connectivity index (χ2n) is 3.18. The Morgan fingerprint density at radius 2 is 2.21 bits per heavy atom. The number of aryl methyl sites for hydroxylation is 1. The van der Waals surface area contributed by atoms with E-state index in [1.165, 1.54) is 0 Å². The Kier molecular flexibility index (Phi) is 6.53. The van der Waals surface area contributed by atoms with Crippen LogP contribution >= 0.6 is 0 Å². The van der Waals surface area contributed by atoms with Crippen molar-refractivity contribution in [1.82, 2.24) is 4.57 Å². The molecule has 0 aliphatic heterocycles. The largest absolute Gasteiger partial charge is 1.00 e. The molecule has 1 aromatic heterocycles. The van der Waals surface area contributed by atoms with Gasteiger partial charge in [-0.25, -0.2) is 9.13 Å². The smallest absolute Gasteiger partial charge is 0.243 e. The van der Waals surface area contributed by atoms with E-state index in [9.17, 15) is 5.11 Å². The topological polar surface area (TPSA) is 49.3 Å². The molecule has 0 bridgehead atoms. The van der Waals surface area contributed by atoms with Crippen molar-refractivity contribution in [2.75, 3.05) is 6.61 Å². The Hall–Kier alpha value is -0.580. The molecule has 0 aliphatic rings. The lowest BCUT2D eigenvalue weighted by atomic mass is 10.4. The molecule has 0 saturated carbocycles. The lowest BCUT2D eigenvalue weighted by molar-refractivity contribution is -0.703. The number of aliphatic hydroxyl groups excluding tert-OH is 2. The van der Waals surface area contributed by atoms with Crippen LogP contribution in [0.25, 0.3) is 0 Å². The third kappa shape index (κ3) is 4.09. The van der Waals surface area contributed by atoms with Crippen molar-refractivity contribution in [2.45, 2.75) is 32.5 Å². The Balaban J connectivity index is 0.00000169. The lowest BCUT2D eigenvalue weighted by Gasteiger charge is -2.01. The number of imidazole rings is 1. The molecule has 0 saturated heterocycles. The highest BCUT2D eigenvalue weighted by Gasteiger charge is 2.08. The summed E-state index contributed by atoms with van der Waals surface area (Å²) in [5.74, 6) is 0. The maximum atomic E-state index is 9.17. The van der Waals surface area contributed by atoms with Crippen LogP contribution in [0.1, 0.15) is 13.3 Å². The quantitative estimate of drug-likeness (QED) is 0.507. The van der Waals surface area contributed by atoms with Crippen LogP contribution in [-0.4, -0.2) is 27.5 Å². The molecule has 1 aromatic rings. The summed E-state index contributed by atoms with van der Waals surface area (Å²) in [5, 5.41) is 17.8. The van der Waals surface area contributed by atoms with Crippen LogP contribution in [0.5, 0.6) is 0 Å². The van der Waals surface area contributed by atoms with E-state index in [2.05, 4.69) is 11.5 Å². The standard InChI is InChI=1S/C9H17N2O2.ClH/c1-2-3-10-4-5-11(8-10)6-9(13)7-12;/h4-5,8-9,12-13H,2-3,6-7H2,1H3;1H/q+1;/p-1. The summed E-state index contributed by atoms with van der Waals surface area (Å²) in [4.78, 5) is 0. The molecule has 1 rings (SSSR count). The highest BCUT2D eigenvalue weighted by molar-refractivity contribution is 4.65. The SMILES string of the molecule is CCCn1cc[n+](CC(O)CO)c1.[Cl-]. The minimum Gasteiger partial charge on any atom is -1.00 e. The maximum Gasteiger partial charge on any atom is 0.243 e. The number of aromatic nitrogens is 2. The zero-order valence-electron chi connectivity index (χ0n) is 8.30. The van der Waals surface area contributed by atoms with Gasteiger partial charge in [0.15, 0.2) is 0 Å². The Morgan fingerprint density at radius 1 is 1.50 bits per heavy atom. The molecule has 0 radical (unpaired) electrons. The number of hydrogen-bond donors (Lipinski definition) is 2. The summed E-state index contributed by atoms with van der Waals surface area (Å²) in [6, 6.07) is 0. The van der Waals surface area contributed by atoms with Crippen LogP contribution in [0, 0.1) is 0 Å². The molecule has 2 N–H and O–H groups in total. The van der Waals surface area contributed by atoms with Crippen LogP contribution in [0.3, 0.4) is 0 Å². The first-order valence-electron chi connectivity index (χ1n) is 4.60.